The number of ether oxygens (including phenoxy) is 2. The van der Waals surface area contributed by atoms with Gasteiger partial charge in [0.25, 0.3) is 5.78 Å². The number of alkyl halides is 3. The zero-order chi connectivity index (χ0) is 31.7. The van der Waals surface area contributed by atoms with E-state index >= 15 is 0 Å². The van der Waals surface area contributed by atoms with Crippen LogP contribution in [-0.4, -0.2) is 43.0 Å². The van der Waals surface area contributed by atoms with Crippen molar-refractivity contribution in [3.05, 3.63) is 94.0 Å². The van der Waals surface area contributed by atoms with Crippen molar-refractivity contribution in [2.45, 2.75) is 51.1 Å². The van der Waals surface area contributed by atoms with Crippen LogP contribution >= 0.6 is 23.2 Å². The molecular weight excluding hydrogens is 608 g/mol. The first-order valence-electron chi connectivity index (χ1n) is 13.3. The molecule has 3 atom stereocenters. The third kappa shape index (κ3) is 10.2. The summed E-state index contributed by atoms with van der Waals surface area (Å²) >= 11 is 12.1. The monoisotopic (exact) mass is 638 g/mol. The first-order valence-corrected chi connectivity index (χ1v) is 14.0. The average Bonchev–Trinajstić information content (AvgIpc) is 2.95. The lowest BCUT2D eigenvalue weighted by molar-refractivity contribution is -0.175. The highest BCUT2D eigenvalue weighted by atomic mass is 35.5. The second-order valence-electron chi connectivity index (χ2n) is 10.1. The number of Topliss-reactive ketones (excluding diaryl/α,β-unsaturated/α-hetero) is 1. The topological polar surface area (TPSA) is 93.7 Å². The summed E-state index contributed by atoms with van der Waals surface area (Å²) < 4.78 is 51.0. The SMILES string of the molecule is COc1ccc(OC(CC(=O)N[C@@H](Cc2ccc(Cl)cc2)C(=O)N[C@H](C(=O)C(F)(F)F)C(C)C)c2cccc(Cl)c2)cc1. The quantitative estimate of drug-likeness (QED) is 0.223. The molecular formula is C31H31Cl2F3N2O5. The lowest BCUT2D eigenvalue weighted by atomic mass is 9.97. The molecule has 2 amide bonds. The molecule has 0 fully saturated rings. The summed E-state index contributed by atoms with van der Waals surface area (Å²) in [7, 11) is 1.52. The van der Waals surface area contributed by atoms with E-state index in [0.717, 1.165) is 0 Å². The predicted molar refractivity (Wildman–Crippen MR) is 157 cm³/mol. The molecule has 3 rings (SSSR count). The van der Waals surface area contributed by atoms with Gasteiger partial charge in [-0.3, -0.25) is 14.4 Å². The lowest BCUT2D eigenvalue weighted by Crippen LogP contribution is -2.56. The fraction of sp³-hybridized carbons (Fsp3) is 0.323. The zero-order valence-electron chi connectivity index (χ0n) is 23.6. The maximum atomic E-state index is 13.4. The van der Waals surface area contributed by atoms with Crippen LogP contribution in [0, 0.1) is 5.92 Å². The van der Waals surface area contributed by atoms with Gasteiger partial charge in [0.2, 0.25) is 11.8 Å². The Balaban J connectivity index is 1.86. The number of amides is 2. The van der Waals surface area contributed by atoms with Crippen molar-refractivity contribution in [1.29, 1.82) is 0 Å². The molecule has 0 saturated heterocycles. The third-order valence-corrected chi connectivity index (χ3v) is 6.95. The van der Waals surface area contributed by atoms with E-state index < -0.39 is 47.9 Å². The molecule has 0 aromatic heterocycles. The number of rotatable bonds is 13. The Morgan fingerprint density at radius 1 is 0.860 bits per heavy atom. The molecule has 0 heterocycles. The Bertz CT molecular complexity index is 1400. The van der Waals surface area contributed by atoms with Gasteiger partial charge in [0.1, 0.15) is 23.6 Å². The van der Waals surface area contributed by atoms with Crippen LogP contribution in [-0.2, 0) is 20.8 Å². The van der Waals surface area contributed by atoms with Crippen molar-refractivity contribution in [2.75, 3.05) is 7.11 Å². The van der Waals surface area contributed by atoms with Gasteiger partial charge >= 0.3 is 6.18 Å². The van der Waals surface area contributed by atoms with E-state index in [9.17, 15) is 27.6 Å². The molecule has 0 radical (unpaired) electrons. The van der Waals surface area contributed by atoms with Crippen LogP contribution < -0.4 is 20.1 Å². The molecule has 230 valence electrons. The van der Waals surface area contributed by atoms with Gasteiger partial charge in [-0.2, -0.15) is 13.2 Å². The predicted octanol–water partition coefficient (Wildman–Crippen LogP) is 6.51. The van der Waals surface area contributed by atoms with Crippen LogP contribution in [0.3, 0.4) is 0 Å². The van der Waals surface area contributed by atoms with Gasteiger partial charge in [0, 0.05) is 16.5 Å². The van der Waals surface area contributed by atoms with Crippen LogP contribution in [0.4, 0.5) is 13.2 Å². The molecule has 0 saturated carbocycles. The molecule has 2 N–H and O–H groups in total. The molecule has 0 aliphatic carbocycles. The van der Waals surface area contributed by atoms with Crippen LogP contribution in [0.15, 0.2) is 72.8 Å². The van der Waals surface area contributed by atoms with E-state index in [-0.39, 0.29) is 12.8 Å². The zero-order valence-corrected chi connectivity index (χ0v) is 25.1. The van der Waals surface area contributed by atoms with E-state index in [1.807, 2.05) is 0 Å². The fourth-order valence-electron chi connectivity index (χ4n) is 4.21. The van der Waals surface area contributed by atoms with Crippen molar-refractivity contribution in [3.8, 4) is 11.5 Å². The summed E-state index contributed by atoms with van der Waals surface area (Å²) in [6.07, 6.45) is -6.35. The fourth-order valence-corrected chi connectivity index (χ4v) is 4.53. The van der Waals surface area contributed by atoms with E-state index in [1.54, 1.807) is 72.8 Å². The summed E-state index contributed by atoms with van der Waals surface area (Å²) in [5.41, 5.74) is 1.15. The highest BCUT2D eigenvalue weighted by Crippen LogP contribution is 2.28. The van der Waals surface area contributed by atoms with Gasteiger partial charge in [-0.15, -0.1) is 0 Å². The number of hydrogen-bond acceptors (Lipinski definition) is 5. The Labute approximate surface area is 257 Å². The highest BCUT2D eigenvalue weighted by molar-refractivity contribution is 6.30. The first kappa shape index (κ1) is 33.7. The number of ketones is 1. The van der Waals surface area contributed by atoms with Crippen LogP contribution in [0.5, 0.6) is 11.5 Å². The summed E-state index contributed by atoms with van der Waals surface area (Å²) in [5, 5.41) is 5.65. The van der Waals surface area contributed by atoms with Gasteiger partial charge in [-0.25, -0.2) is 0 Å². The second kappa shape index (κ2) is 15.1. The Morgan fingerprint density at radius 2 is 1.49 bits per heavy atom. The maximum Gasteiger partial charge on any atom is 0.452 e. The molecule has 0 aliphatic rings. The third-order valence-electron chi connectivity index (χ3n) is 6.46. The minimum absolute atomic E-state index is 0.0824. The number of carbonyl (C=O) groups is 3. The van der Waals surface area contributed by atoms with Crippen molar-refractivity contribution >= 4 is 40.8 Å². The number of carbonyl (C=O) groups excluding carboxylic acids is 3. The van der Waals surface area contributed by atoms with Crippen molar-refractivity contribution in [2.24, 2.45) is 5.92 Å². The smallest absolute Gasteiger partial charge is 0.452 e. The van der Waals surface area contributed by atoms with Crippen molar-refractivity contribution in [3.63, 3.8) is 0 Å². The summed E-state index contributed by atoms with van der Waals surface area (Å²) in [6, 6.07) is 16.7. The average molecular weight is 639 g/mol. The minimum Gasteiger partial charge on any atom is -0.497 e. The number of hydrogen-bond donors (Lipinski definition) is 2. The molecule has 12 heteroatoms. The summed E-state index contributed by atoms with van der Waals surface area (Å²) in [5.74, 6) is -3.49. The normalized spacial score (nSPS) is 13.5. The van der Waals surface area contributed by atoms with Crippen molar-refractivity contribution in [1.82, 2.24) is 10.6 Å². The number of methoxy groups -OCH3 is 1. The van der Waals surface area contributed by atoms with E-state index in [1.165, 1.54) is 21.0 Å². The number of halogens is 5. The van der Waals surface area contributed by atoms with E-state index in [4.69, 9.17) is 32.7 Å². The van der Waals surface area contributed by atoms with Crippen molar-refractivity contribution < 1.29 is 37.0 Å². The number of benzene rings is 3. The van der Waals surface area contributed by atoms with Gasteiger partial charge in [-0.1, -0.05) is 61.3 Å². The lowest BCUT2D eigenvalue weighted by Gasteiger charge is -2.26. The molecule has 3 aromatic rings. The molecule has 43 heavy (non-hydrogen) atoms. The second-order valence-corrected chi connectivity index (χ2v) is 11.0. The molecule has 0 aliphatic heterocycles. The first-order chi connectivity index (χ1) is 20.3. The summed E-state index contributed by atoms with van der Waals surface area (Å²) in [4.78, 5) is 38.7. The van der Waals surface area contributed by atoms with Gasteiger partial charge < -0.3 is 20.1 Å². The molecule has 0 bridgehead atoms. The molecule has 3 aromatic carbocycles. The number of nitrogens with one attached hydrogen (secondary N) is 2. The highest BCUT2D eigenvalue weighted by Gasteiger charge is 2.45. The van der Waals surface area contributed by atoms with Crippen LogP contribution in [0.2, 0.25) is 10.0 Å². The molecule has 7 nitrogen and oxygen atoms in total. The Morgan fingerprint density at radius 3 is 2.05 bits per heavy atom. The largest absolute Gasteiger partial charge is 0.497 e. The Hall–Kier alpha value is -3.76. The van der Waals surface area contributed by atoms with Gasteiger partial charge in [0.05, 0.1) is 19.6 Å². The summed E-state index contributed by atoms with van der Waals surface area (Å²) in [6.45, 7) is 2.76. The van der Waals surface area contributed by atoms with Crippen LogP contribution in [0.25, 0.3) is 0 Å². The molecule has 1 unspecified atom stereocenters. The maximum absolute atomic E-state index is 13.4. The van der Waals surface area contributed by atoms with E-state index in [0.29, 0.717) is 32.7 Å². The van der Waals surface area contributed by atoms with Gasteiger partial charge in [0.15, 0.2) is 0 Å². The minimum atomic E-state index is -5.15. The van der Waals surface area contributed by atoms with Gasteiger partial charge in [-0.05, 0) is 65.6 Å². The van der Waals surface area contributed by atoms with E-state index in [2.05, 4.69) is 10.6 Å². The molecule has 0 spiro atoms. The standard InChI is InChI=1S/C31H31Cl2F3N2O5/c1-18(2)28(29(40)31(34,35)36)38-30(41)25(15-19-7-9-21(32)10-8-19)37-27(39)17-26(20-5-4-6-22(33)16-20)43-24-13-11-23(42-3)12-14-24/h4-14,16,18,25-26,28H,15,17H2,1-3H3,(H,37,39)(H,38,41)/t25-,26?,28-/m0/s1. The Kier molecular flexibility index (Phi) is 11.9. The van der Waals surface area contributed by atoms with Crippen LogP contribution in [0.1, 0.15) is 37.5 Å².